The van der Waals surface area contributed by atoms with Gasteiger partial charge in [-0.1, -0.05) is 12.1 Å². The van der Waals surface area contributed by atoms with E-state index in [1.807, 2.05) is 42.8 Å². The number of fused-ring (bicyclic) bond motifs is 1. The predicted octanol–water partition coefficient (Wildman–Crippen LogP) is 4.05. The van der Waals surface area contributed by atoms with Crippen LogP contribution < -0.4 is 4.72 Å². The van der Waals surface area contributed by atoms with Crippen LogP contribution >= 0.6 is 0 Å². The van der Waals surface area contributed by atoms with E-state index in [1.165, 1.54) is 0 Å². The van der Waals surface area contributed by atoms with Gasteiger partial charge in [-0.15, -0.1) is 0 Å². The van der Waals surface area contributed by atoms with E-state index in [-0.39, 0.29) is 31.8 Å². The number of rotatable bonds is 5. The molecular formula is C21H28F4N4O2S. The number of aromatic nitrogens is 2. The molecule has 0 radical (unpaired) electrons. The molecule has 1 unspecified atom stereocenters. The first kappa shape index (κ1) is 24.7. The van der Waals surface area contributed by atoms with E-state index < -0.39 is 35.6 Å². The molecule has 1 atom stereocenters. The van der Waals surface area contributed by atoms with Crippen LogP contribution in [0.1, 0.15) is 43.9 Å². The summed E-state index contributed by atoms with van der Waals surface area (Å²) in [6.45, 7) is 1.42. The van der Waals surface area contributed by atoms with Gasteiger partial charge < -0.3 is 4.57 Å². The van der Waals surface area contributed by atoms with Gasteiger partial charge in [0.05, 0.1) is 18.7 Å². The van der Waals surface area contributed by atoms with Crippen LogP contribution in [-0.2, 0) is 23.1 Å². The van der Waals surface area contributed by atoms with E-state index in [4.69, 9.17) is 0 Å². The average Bonchev–Trinajstić information content (AvgIpc) is 3.17. The second-order valence-electron chi connectivity index (χ2n) is 8.34. The quantitative estimate of drug-likeness (QED) is 0.663. The highest BCUT2D eigenvalue weighted by Crippen LogP contribution is 2.26. The zero-order valence-corrected chi connectivity index (χ0v) is 18.9. The molecule has 3 rings (SSSR count). The fourth-order valence-electron chi connectivity index (χ4n) is 3.80. The second-order valence-corrected chi connectivity index (χ2v) is 10.0. The molecule has 11 heteroatoms. The number of imidazole rings is 1. The van der Waals surface area contributed by atoms with Crippen molar-refractivity contribution in [3.8, 4) is 11.3 Å². The van der Waals surface area contributed by atoms with Crippen LogP contribution in [0, 0.1) is 0 Å². The number of halogens is 4. The van der Waals surface area contributed by atoms with E-state index in [9.17, 15) is 26.0 Å². The molecule has 0 aliphatic carbocycles. The minimum Gasteiger partial charge on any atom is -0.334 e. The Hall–Kier alpha value is -1.98. The van der Waals surface area contributed by atoms with Gasteiger partial charge in [0, 0.05) is 30.4 Å². The van der Waals surface area contributed by atoms with Crippen molar-refractivity contribution >= 4 is 10.2 Å². The first-order valence-electron chi connectivity index (χ1n) is 10.5. The van der Waals surface area contributed by atoms with E-state index in [0.29, 0.717) is 10.7 Å². The van der Waals surface area contributed by atoms with Crippen molar-refractivity contribution in [3.63, 3.8) is 0 Å². The minimum atomic E-state index is -4.67. The van der Waals surface area contributed by atoms with E-state index in [2.05, 4.69) is 9.71 Å². The summed E-state index contributed by atoms with van der Waals surface area (Å²) in [5, 5.41) is 0. The van der Waals surface area contributed by atoms with Crippen LogP contribution in [0.5, 0.6) is 0 Å². The largest absolute Gasteiger partial charge is 0.402 e. The van der Waals surface area contributed by atoms with Crippen molar-refractivity contribution < 1.29 is 26.0 Å². The SMILES string of the molecule is CC(C)n1cnc(-c2ccc3c(c2)CCCN(CC(F)(F)F)S(=O)(=O)NC(CCF)C3)c1. The zero-order chi connectivity index (χ0) is 23.5. The molecule has 178 valence electrons. The number of benzene rings is 1. The third kappa shape index (κ3) is 6.29. The molecule has 1 N–H and O–H groups in total. The lowest BCUT2D eigenvalue weighted by atomic mass is 9.94. The Bertz CT molecular complexity index is 1020. The highest BCUT2D eigenvalue weighted by Gasteiger charge is 2.37. The van der Waals surface area contributed by atoms with Gasteiger partial charge in [-0.2, -0.15) is 30.6 Å². The summed E-state index contributed by atoms with van der Waals surface area (Å²) in [6.07, 6.45) is -0.306. The Kier molecular flexibility index (Phi) is 7.61. The lowest BCUT2D eigenvalue weighted by molar-refractivity contribution is -0.136. The molecule has 2 heterocycles. The standard InChI is InChI=1S/C21H28F4N4O2S/c1-15(2)28-12-20(26-14-28)18-6-5-17-11-19(7-8-22)27-32(30,31)29(13-21(23,24)25)9-3-4-16(17)10-18/h5-6,10,12,14-15,19,27H,3-4,7-9,11,13H2,1-2H3. The van der Waals surface area contributed by atoms with Crippen molar-refractivity contribution in [2.75, 3.05) is 19.8 Å². The molecule has 1 aliphatic heterocycles. The maximum absolute atomic E-state index is 13.1. The number of aryl methyl sites for hydroxylation is 1. The van der Waals surface area contributed by atoms with Crippen LogP contribution in [-0.4, -0.2) is 54.3 Å². The number of hydrogen-bond acceptors (Lipinski definition) is 3. The smallest absolute Gasteiger partial charge is 0.334 e. The third-order valence-electron chi connectivity index (χ3n) is 5.49. The molecule has 0 fully saturated rings. The highest BCUT2D eigenvalue weighted by molar-refractivity contribution is 7.87. The monoisotopic (exact) mass is 476 g/mol. The number of nitrogens with one attached hydrogen (secondary N) is 1. The van der Waals surface area contributed by atoms with Gasteiger partial charge in [0.15, 0.2) is 0 Å². The Morgan fingerprint density at radius 2 is 2.00 bits per heavy atom. The third-order valence-corrected chi connectivity index (χ3v) is 7.11. The lowest BCUT2D eigenvalue weighted by Crippen LogP contribution is -2.50. The summed E-state index contributed by atoms with van der Waals surface area (Å²) in [6, 6.07) is 5.10. The molecule has 6 nitrogen and oxygen atoms in total. The van der Waals surface area contributed by atoms with Crippen LogP contribution in [0.25, 0.3) is 11.3 Å². The van der Waals surface area contributed by atoms with Crippen LogP contribution in [0.3, 0.4) is 0 Å². The van der Waals surface area contributed by atoms with Crippen molar-refractivity contribution in [1.82, 2.24) is 18.6 Å². The fourth-order valence-corrected chi connectivity index (χ4v) is 5.26. The van der Waals surface area contributed by atoms with Crippen LogP contribution in [0.4, 0.5) is 17.6 Å². The molecule has 1 aliphatic rings. The molecule has 0 amide bonds. The maximum Gasteiger partial charge on any atom is 0.402 e. The molecule has 2 aromatic rings. The normalized spacial score (nSPS) is 20.3. The summed E-state index contributed by atoms with van der Waals surface area (Å²) >= 11 is 0. The first-order chi connectivity index (χ1) is 15.0. The predicted molar refractivity (Wildman–Crippen MR) is 114 cm³/mol. The van der Waals surface area contributed by atoms with Crippen molar-refractivity contribution in [3.05, 3.63) is 41.9 Å². The van der Waals surface area contributed by atoms with Gasteiger partial charge >= 0.3 is 6.18 Å². The second kappa shape index (κ2) is 9.88. The summed E-state index contributed by atoms with van der Waals surface area (Å²) < 4.78 is 81.8. The number of hydrogen-bond donors (Lipinski definition) is 1. The average molecular weight is 477 g/mol. The van der Waals surface area contributed by atoms with E-state index in [1.54, 1.807) is 6.33 Å². The van der Waals surface area contributed by atoms with Crippen LogP contribution in [0.15, 0.2) is 30.7 Å². The van der Waals surface area contributed by atoms with Gasteiger partial charge in [-0.25, -0.2) is 4.98 Å². The Balaban J connectivity index is 1.93. The molecule has 32 heavy (non-hydrogen) atoms. The topological polar surface area (TPSA) is 67.2 Å². The summed E-state index contributed by atoms with van der Waals surface area (Å²) in [4.78, 5) is 4.44. The Morgan fingerprint density at radius 3 is 2.62 bits per heavy atom. The van der Waals surface area contributed by atoms with Gasteiger partial charge in [-0.05, 0) is 56.7 Å². The van der Waals surface area contributed by atoms with Gasteiger partial charge in [-0.3, -0.25) is 4.39 Å². The molecule has 0 saturated heterocycles. The van der Waals surface area contributed by atoms with E-state index >= 15 is 0 Å². The van der Waals surface area contributed by atoms with Crippen molar-refractivity contribution in [2.24, 2.45) is 0 Å². The van der Waals surface area contributed by atoms with Crippen molar-refractivity contribution in [2.45, 2.75) is 57.8 Å². The van der Waals surface area contributed by atoms with Gasteiger partial charge in [0.1, 0.15) is 6.54 Å². The first-order valence-corrected chi connectivity index (χ1v) is 12.0. The lowest BCUT2D eigenvalue weighted by Gasteiger charge is -2.28. The Morgan fingerprint density at radius 1 is 1.25 bits per heavy atom. The van der Waals surface area contributed by atoms with Crippen molar-refractivity contribution in [1.29, 1.82) is 0 Å². The minimum absolute atomic E-state index is 0.126. The van der Waals surface area contributed by atoms with E-state index in [0.717, 1.165) is 22.4 Å². The number of alkyl halides is 4. The Labute approximate surface area is 185 Å². The highest BCUT2D eigenvalue weighted by atomic mass is 32.2. The molecule has 0 saturated carbocycles. The number of nitrogens with zero attached hydrogens (tertiary/aromatic N) is 3. The molecule has 0 spiro atoms. The molecular weight excluding hydrogens is 448 g/mol. The molecule has 1 aromatic carbocycles. The maximum atomic E-state index is 13.1. The zero-order valence-electron chi connectivity index (χ0n) is 18.1. The summed E-state index contributed by atoms with van der Waals surface area (Å²) in [7, 11) is -4.40. The van der Waals surface area contributed by atoms with Crippen LogP contribution in [0.2, 0.25) is 0 Å². The summed E-state index contributed by atoms with van der Waals surface area (Å²) in [5.41, 5.74) is 3.40. The summed E-state index contributed by atoms with van der Waals surface area (Å²) in [5.74, 6) is 0. The van der Waals surface area contributed by atoms with Gasteiger partial charge in [0.25, 0.3) is 10.2 Å². The van der Waals surface area contributed by atoms with Gasteiger partial charge in [0.2, 0.25) is 0 Å². The molecule has 0 bridgehead atoms. The fraction of sp³-hybridized carbons (Fsp3) is 0.571. The molecule has 1 aromatic heterocycles.